The predicted octanol–water partition coefficient (Wildman–Crippen LogP) is 2.42. The van der Waals surface area contributed by atoms with Gasteiger partial charge in [-0.05, 0) is 17.7 Å². The largest absolute Gasteiger partial charge is 0.348 e. The Hall–Kier alpha value is -3.01. The van der Waals surface area contributed by atoms with Crippen molar-refractivity contribution in [1.29, 1.82) is 0 Å². The zero-order valence-electron chi connectivity index (χ0n) is 12.8. The SMILES string of the molecule is C=[N+]1c2ccccc2-c2c3c(c4ccc[n+](C)c4c21)C(=O)NC3. The maximum Gasteiger partial charge on any atom is 0.291 e. The fourth-order valence-corrected chi connectivity index (χ4v) is 3.94. The second-order valence-electron chi connectivity index (χ2n) is 6.09. The Morgan fingerprint density at radius 3 is 2.83 bits per heavy atom. The lowest BCUT2D eigenvalue weighted by Crippen LogP contribution is -2.29. The van der Waals surface area contributed by atoms with Gasteiger partial charge in [0.25, 0.3) is 17.1 Å². The Balaban J connectivity index is 2.08. The molecule has 0 aliphatic carbocycles. The van der Waals surface area contributed by atoms with Gasteiger partial charge in [0.1, 0.15) is 13.8 Å². The van der Waals surface area contributed by atoms with Crippen molar-refractivity contribution < 1.29 is 9.36 Å². The molecule has 0 atom stereocenters. The summed E-state index contributed by atoms with van der Waals surface area (Å²) < 4.78 is 4.07. The van der Waals surface area contributed by atoms with Crippen molar-refractivity contribution in [3.8, 4) is 11.1 Å². The minimum atomic E-state index is 0.0130. The summed E-state index contributed by atoms with van der Waals surface area (Å²) in [6, 6.07) is 12.2. The van der Waals surface area contributed by atoms with E-state index < -0.39 is 0 Å². The summed E-state index contributed by atoms with van der Waals surface area (Å²) in [6.45, 7) is 4.85. The van der Waals surface area contributed by atoms with Gasteiger partial charge in [-0.2, -0.15) is 9.14 Å². The summed E-state index contributed by atoms with van der Waals surface area (Å²) in [5.74, 6) is 0.0130. The van der Waals surface area contributed by atoms with Crippen molar-refractivity contribution in [3.63, 3.8) is 0 Å². The highest BCUT2D eigenvalue weighted by molar-refractivity contribution is 6.17. The van der Waals surface area contributed by atoms with Crippen LogP contribution in [0.15, 0.2) is 42.6 Å². The van der Waals surface area contributed by atoms with Crippen LogP contribution in [0.2, 0.25) is 0 Å². The summed E-state index contributed by atoms with van der Waals surface area (Å²) in [4.78, 5) is 12.4. The monoisotopic (exact) mass is 301 g/mol. The molecule has 110 valence electrons. The van der Waals surface area contributed by atoms with Gasteiger partial charge in [0.15, 0.2) is 6.20 Å². The molecule has 4 heteroatoms. The van der Waals surface area contributed by atoms with Crippen molar-refractivity contribution in [2.45, 2.75) is 6.54 Å². The standard InChI is InChI=1S/C19H14N3O/c1-21-9-5-7-12-16-13(10-20-19(16)23)15-11-6-3-4-8-14(11)22(2)18(15)17(12)21/h3-9H,2,10H2,1H3/q+1/p+1. The number of aromatic nitrogens is 1. The van der Waals surface area contributed by atoms with E-state index in [4.69, 9.17) is 0 Å². The molecule has 0 saturated heterocycles. The van der Waals surface area contributed by atoms with Crippen LogP contribution >= 0.6 is 0 Å². The lowest BCUT2D eigenvalue weighted by Gasteiger charge is -2.06. The lowest BCUT2D eigenvalue weighted by molar-refractivity contribution is -0.644. The molecular weight excluding hydrogens is 286 g/mol. The van der Waals surface area contributed by atoms with Crippen LogP contribution in [0.1, 0.15) is 15.9 Å². The molecule has 5 rings (SSSR count). The molecule has 1 aromatic heterocycles. The molecule has 0 spiro atoms. The van der Waals surface area contributed by atoms with Gasteiger partial charge >= 0.3 is 0 Å². The van der Waals surface area contributed by atoms with Gasteiger partial charge in [0, 0.05) is 18.7 Å². The van der Waals surface area contributed by atoms with E-state index in [1.807, 2.05) is 42.1 Å². The third kappa shape index (κ3) is 1.38. The van der Waals surface area contributed by atoms with Crippen molar-refractivity contribution in [2.24, 2.45) is 7.05 Å². The van der Waals surface area contributed by atoms with Crippen molar-refractivity contribution >= 4 is 34.9 Å². The normalized spacial score (nSPS) is 14.7. The van der Waals surface area contributed by atoms with E-state index >= 15 is 0 Å². The Morgan fingerprint density at radius 1 is 1.13 bits per heavy atom. The van der Waals surface area contributed by atoms with Crippen LogP contribution in [-0.2, 0) is 13.6 Å². The van der Waals surface area contributed by atoms with E-state index in [2.05, 4.69) is 28.7 Å². The van der Waals surface area contributed by atoms with Crippen LogP contribution in [-0.4, -0.2) is 12.6 Å². The molecule has 2 aliphatic heterocycles. The van der Waals surface area contributed by atoms with Crippen LogP contribution in [0.3, 0.4) is 0 Å². The van der Waals surface area contributed by atoms with Gasteiger partial charge in [-0.3, -0.25) is 4.79 Å². The first-order valence-electron chi connectivity index (χ1n) is 7.64. The van der Waals surface area contributed by atoms with Crippen LogP contribution in [0.25, 0.3) is 22.0 Å². The molecule has 3 aromatic rings. The van der Waals surface area contributed by atoms with Gasteiger partial charge in [-0.1, -0.05) is 12.1 Å². The Labute approximate surface area is 133 Å². The molecule has 2 aromatic carbocycles. The smallest absolute Gasteiger partial charge is 0.291 e. The minimum Gasteiger partial charge on any atom is -0.348 e. The molecule has 3 heterocycles. The molecule has 0 unspecified atom stereocenters. The third-order valence-electron chi connectivity index (χ3n) is 4.90. The summed E-state index contributed by atoms with van der Waals surface area (Å²) in [5.41, 5.74) is 7.39. The molecule has 4 nitrogen and oxygen atoms in total. The van der Waals surface area contributed by atoms with Crippen molar-refractivity contribution in [2.75, 3.05) is 0 Å². The van der Waals surface area contributed by atoms with E-state index in [-0.39, 0.29) is 5.91 Å². The van der Waals surface area contributed by atoms with E-state index in [1.165, 1.54) is 0 Å². The Morgan fingerprint density at radius 2 is 1.96 bits per heavy atom. The maximum absolute atomic E-state index is 12.4. The molecule has 0 saturated carbocycles. The van der Waals surface area contributed by atoms with E-state index in [9.17, 15) is 4.79 Å². The van der Waals surface area contributed by atoms with Gasteiger partial charge in [0.2, 0.25) is 5.69 Å². The van der Waals surface area contributed by atoms with Gasteiger partial charge in [-0.15, -0.1) is 0 Å². The number of rotatable bonds is 0. The highest BCUT2D eigenvalue weighted by atomic mass is 16.1. The lowest BCUT2D eigenvalue weighted by atomic mass is 9.93. The molecule has 2 aliphatic rings. The maximum atomic E-state index is 12.4. The molecule has 1 N–H and O–H groups in total. The molecule has 0 fully saturated rings. The van der Waals surface area contributed by atoms with Gasteiger partial charge in [-0.25, -0.2) is 0 Å². The Bertz CT molecular complexity index is 1070. The predicted molar refractivity (Wildman–Crippen MR) is 90.3 cm³/mol. The number of fused-ring (bicyclic) bond motifs is 8. The molecule has 23 heavy (non-hydrogen) atoms. The van der Waals surface area contributed by atoms with E-state index in [0.29, 0.717) is 6.54 Å². The first-order valence-corrected chi connectivity index (χ1v) is 7.64. The zero-order chi connectivity index (χ0) is 15.7. The number of hydrogen-bond acceptors (Lipinski definition) is 1. The van der Waals surface area contributed by atoms with Crippen LogP contribution in [0, 0.1) is 0 Å². The molecule has 0 radical (unpaired) electrons. The highest BCUT2D eigenvalue weighted by Gasteiger charge is 2.42. The molecular formula is C19H15N3O+2. The summed E-state index contributed by atoms with van der Waals surface area (Å²) >= 11 is 0. The number of pyridine rings is 1. The number of nitrogens with one attached hydrogen (secondary N) is 1. The average molecular weight is 301 g/mol. The quantitative estimate of drug-likeness (QED) is 0.498. The van der Waals surface area contributed by atoms with Gasteiger partial charge < -0.3 is 5.32 Å². The van der Waals surface area contributed by atoms with Crippen LogP contribution in [0.5, 0.6) is 0 Å². The highest BCUT2D eigenvalue weighted by Crippen LogP contribution is 2.50. The number of amides is 1. The second kappa shape index (κ2) is 4.04. The summed E-state index contributed by atoms with van der Waals surface area (Å²) in [6.07, 6.45) is 2.01. The fraction of sp³-hybridized carbons (Fsp3) is 0.105. The minimum absolute atomic E-state index is 0.0130. The molecule has 1 amide bonds. The van der Waals surface area contributed by atoms with Crippen molar-refractivity contribution in [3.05, 3.63) is 53.7 Å². The number of aryl methyl sites for hydroxylation is 1. The van der Waals surface area contributed by atoms with Gasteiger partial charge in [0.05, 0.1) is 22.1 Å². The average Bonchev–Trinajstić information content (AvgIpc) is 3.08. The topological polar surface area (TPSA) is 36.0 Å². The van der Waals surface area contributed by atoms with E-state index in [1.54, 1.807) is 0 Å². The summed E-state index contributed by atoms with van der Waals surface area (Å²) in [7, 11) is 2.01. The Kier molecular flexibility index (Phi) is 2.20. The van der Waals surface area contributed by atoms with Crippen LogP contribution < -0.4 is 14.5 Å². The number of carbonyl (C=O) groups is 1. The second-order valence-corrected chi connectivity index (χ2v) is 6.09. The third-order valence-corrected chi connectivity index (χ3v) is 4.90. The number of carbonyl (C=O) groups excluding carboxylic acids is 1. The van der Waals surface area contributed by atoms with E-state index in [0.717, 1.165) is 44.5 Å². The van der Waals surface area contributed by atoms with Crippen molar-refractivity contribution in [1.82, 2.24) is 9.89 Å². The fourth-order valence-electron chi connectivity index (χ4n) is 3.94. The molecule has 0 bridgehead atoms. The van der Waals surface area contributed by atoms with Crippen LogP contribution in [0.4, 0.5) is 11.4 Å². The first-order chi connectivity index (χ1) is 11.2. The number of hydrogen-bond donors (Lipinski definition) is 1. The zero-order valence-corrected chi connectivity index (χ0v) is 12.8. The number of para-hydroxylation sites is 1. The number of benzene rings is 2. The number of nitrogens with zero attached hydrogens (tertiary/aromatic N) is 2. The first kappa shape index (κ1) is 12.5. The summed E-state index contributed by atoms with van der Waals surface area (Å²) in [5, 5.41) is 3.97.